The summed E-state index contributed by atoms with van der Waals surface area (Å²) in [6.07, 6.45) is 4.14. The Kier molecular flexibility index (Phi) is 3.31. The van der Waals surface area contributed by atoms with Crippen molar-refractivity contribution in [2.24, 2.45) is 22.7 Å². The van der Waals surface area contributed by atoms with Crippen molar-refractivity contribution >= 4 is 0 Å². The quantitative estimate of drug-likeness (QED) is 0.789. The normalized spacial score (nSPS) is 39.9. The summed E-state index contributed by atoms with van der Waals surface area (Å²) in [5.74, 6) is 1.74. The molecule has 1 saturated carbocycles. The molecule has 0 aromatic carbocycles. The maximum absolute atomic E-state index is 3.61. The minimum Gasteiger partial charge on any atom is -0.316 e. The molecule has 2 heteroatoms. The summed E-state index contributed by atoms with van der Waals surface area (Å²) in [5.41, 5.74) is 1.37. The van der Waals surface area contributed by atoms with Gasteiger partial charge in [0.25, 0.3) is 0 Å². The Balaban J connectivity index is 1.82. The van der Waals surface area contributed by atoms with Crippen LogP contribution in [-0.2, 0) is 0 Å². The fourth-order valence-electron chi connectivity index (χ4n) is 6.08. The molecule has 2 saturated heterocycles. The molecule has 116 valence electrons. The Morgan fingerprint density at radius 1 is 0.900 bits per heavy atom. The third-order valence-corrected chi connectivity index (χ3v) is 6.39. The molecule has 20 heavy (non-hydrogen) atoms. The van der Waals surface area contributed by atoms with Crippen LogP contribution in [0.15, 0.2) is 0 Å². The van der Waals surface area contributed by atoms with Gasteiger partial charge in [0.1, 0.15) is 0 Å². The van der Waals surface area contributed by atoms with Gasteiger partial charge < -0.3 is 5.32 Å². The second-order valence-corrected chi connectivity index (χ2v) is 9.90. The molecule has 2 nitrogen and oxygen atoms in total. The molecule has 0 aromatic rings. The van der Waals surface area contributed by atoms with Crippen LogP contribution >= 0.6 is 0 Å². The molecule has 3 rings (SSSR count). The van der Waals surface area contributed by atoms with Crippen molar-refractivity contribution in [3.8, 4) is 0 Å². The van der Waals surface area contributed by atoms with E-state index < -0.39 is 0 Å². The van der Waals surface area contributed by atoms with Crippen LogP contribution in [0.3, 0.4) is 0 Å². The van der Waals surface area contributed by atoms with E-state index in [1.54, 1.807) is 0 Å². The summed E-state index contributed by atoms with van der Waals surface area (Å²) < 4.78 is 0. The van der Waals surface area contributed by atoms with E-state index in [2.05, 4.69) is 51.8 Å². The molecule has 2 atom stereocenters. The largest absolute Gasteiger partial charge is 0.316 e. The molecule has 0 radical (unpaired) electrons. The number of rotatable bonds is 1. The van der Waals surface area contributed by atoms with Crippen LogP contribution in [0.4, 0.5) is 0 Å². The first-order chi connectivity index (χ1) is 9.11. The lowest BCUT2D eigenvalue weighted by Crippen LogP contribution is -2.54. The van der Waals surface area contributed by atoms with Crippen LogP contribution in [0, 0.1) is 22.7 Å². The van der Waals surface area contributed by atoms with E-state index in [-0.39, 0.29) is 0 Å². The average Bonchev–Trinajstić information content (AvgIpc) is 2.76. The third kappa shape index (κ3) is 2.43. The fourth-order valence-corrected chi connectivity index (χ4v) is 6.08. The van der Waals surface area contributed by atoms with E-state index >= 15 is 0 Å². The molecule has 1 aliphatic carbocycles. The van der Waals surface area contributed by atoms with Crippen LogP contribution in [0.1, 0.15) is 60.8 Å². The minimum atomic E-state index is 0.377. The molecule has 1 N–H and O–H groups in total. The number of hydrogen-bond donors (Lipinski definition) is 1. The molecule has 2 unspecified atom stereocenters. The van der Waals surface area contributed by atoms with Crippen LogP contribution < -0.4 is 5.32 Å². The summed E-state index contributed by atoms with van der Waals surface area (Å²) in [5, 5.41) is 3.61. The maximum atomic E-state index is 3.61. The van der Waals surface area contributed by atoms with Gasteiger partial charge >= 0.3 is 0 Å². The lowest BCUT2D eigenvalue weighted by atomic mass is 9.63. The average molecular weight is 278 g/mol. The summed E-state index contributed by atoms with van der Waals surface area (Å²) in [6, 6.07) is 0.786. The molecule has 3 aliphatic rings. The Labute approximate surface area is 125 Å². The molecular weight excluding hydrogens is 244 g/mol. The Morgan fingerprint density at radius 2 is 1.50 bits per heavy atom. The Morgan fingerprint density at radius 3 is 2.05 bits per heavy atom. The van der Waals surface area contributed by atoms with Gasteiger partial charge in [-0.2, -0.15) is 0 Å². The van der Waals surface area contributed by atoms with Crippen molar-refractivity contribution in [1.82, 2.24) is 10.2 Å². The number of nitrogens with one attached hydrogen (secondary N) is 1. The van der Waals surface area contributed by atoms with Gasteiger partial charge in [0.05, 0.1) is 0 Å². The van der Waals surface area contributed by atoms with Crippen LogP contribution in [0.5, 0.6) is 0 Å². The monoisotopic (exact) mass is 278 g/mol. The van der Waals surface area contributed by atoms with E-state index in [4.69, 9.17) is 0 Å². The summed E-state index contributed by atoms with van der Waals surface area (Å²) in [4.78, 5) is 2.89. The third-order valence-electron chi connectivity index (χ3n) is 6.39. The first kappa shape index (κ1) is 14.8. The highest BCUT2D eigenvalue weighted by Gasteiger charge is 2.53. The fraction of sp³-hybridized carbons (Fsp3) is 1.00. The summed E-state index contributed by atoms with van der Waals surface area (Å²) >= 11 is 0. The predicted octanol–water partition coefficient (Wildman–Crippen LogP) is 3.52. The SMILES string of the molecule is CC1(C)CC(N2CC3CNCC3C2(C)C)CC(C)(C)C1. The standard InChI is InChI=1S/C18H34N2/c1-16(2)7-14(8-17(3,4)12-16)20-11-13-9-19-10-15(13)18(20,5)6/h13-15,19H,7-12H2,1-6H3. The number of hydrogen-bond acceptors (Lipinski definition) is 2. The topological polar surface area (TPSA) is 15.3 Å². The van der Waals surface area contributed by atoms with Crippen molar-refractivity contribution in [3.05, 3.63) is 0 Å². The molecule has 0 spiro atoms. The van der Waals surface area contributed by atoms with Gasteiger partial charge in [-0.05, 0) is 62.3 Å². The van der Waals surface area contributed by atoms with Gasteiger partial charge in [0.15, 0.2) is 0 Å². The zero-order chi connectivity index (χ0) is 14.8. The van der Waals surface area contributed by atoms with E-state index in [0.29, 0.717) is 16.4 Å². The van der Waals surface area contributed by atoms with Crippen LogP contribution in [0.2, 0.25) is 0 Å². The zero-order valence-corrected chi connectivity index (χ0v) is 14.4. The first-order valence-electron chi connectivity index (χ1n) is 8.58. The van der Waals surface area contributed by atoms with E-state index in [0.717, 1.165) is 17.9 Å². The van der Waals surface area contributed by atoms with Gasteiger partial charge in [-0.25, -0.2) is 0 Å². The second-order valence-electron chi connectivity index (χ2n) is 9.90. The van der Waals surface area contributed by atoms with Gasteiger partial charge in [0.2, 0.25) is 0 Å². The van der Waals surface area contributed by atoms with Crippen LogP contribution in [0.25, 0.3) is 0 Å². The summed E-state index contributed by atoms with van der Waals surface area (Å²) in [7, 11) is 0. The van der Waals surface area contributed by atoms with E-state index in [1.165, 1.54) is 38.9 Å². The maximum Gasteiger partial charge on any atom is 0.0200 e. The molecule has 3 fully saturated rings. The van der Waals surface area contributed by atoms with Crippen molar-refractivity contribution in [3.63, 3.8) is 0 Å². The van der Waals surface area contributed by atoms with Gasteiger partial charge in [-0.3, -0.25) is 4.90 Å². The van der Waals surface area contributed by atoms with E-state index in [9.17, 15) is 0 Å². The highest BCUT2D eigenvalue weighted by Crippen LogP contribution is 2.51. The first-order valence-corrected chi connectivity index (χ1v) is 8.58. The minimum absolute atomic E-state index is 0.377. The highest BCUT2D eigenvalue weighted by molar-refractivity contribution is 5.08. The Bertz CT molecular complexity index is 367. The lowest BCUT2D eigenvalue weighted by Gasteiger charge is -2.51. The van der Waals surface area contributed by atoms with Gasteiger partial charge in [0, 0.05) is 24.7 Å². The van der Waals surface area contributed by atoms with E-state index in [1.807, 2.05) is 0 Å². The van der Waals surface area contributed by atoms with Gasteiger partial charge in [-0.15, -0.1) is 0 Å². The molecule has 2 aliphatic heterocycles. The number of nitrogens with zero attached hydrogens (tertiary/aromatic N) is 1. The summed E-state index contributed by atoms with van der Waals surface area (Å²) in [6.45, 7) is 18.7. The molecule has 0 amide bonds. The Hall–Kier alpha value is -0.0800. The van der Waals surface area contributed by atoms with Gasteiger partial charge in [-0.1, -0.05) is 27.7 Å². The van der Waals surface area contributed by atoms with Crippen molar-refractivity contribution in [2.75, 3.05) is 19.6 Å². The molecule has 0 bridgehead atoms. The highest BCUT2D eigenvalue weighted by atomic mass is 15.3. The molecule has 2 heterocycles. The smallest absolute Gasteiger partial charge is 0.0200 e. The molecule has 0 aromatic heterocycles. The number of fused-ring (bicyclic) bond motifs is 1. The predicted molar refractivity (Wildman–Crippen MR) is 85.8 cm³/mol. The number of likely N-dealkylation sites (tertiary alicyclic amines) is 1. The zero-order valence-electron chi connectivity index (χ0n) is 14.4. The van der Waals surface area contributed by atoms with Crippen molar-refractivity contribution in [2.45, 2.75) is 72.4 Å². The van der Waals surface area contributed by atoms with Crippen molar-refractivity contribution in [1.29, 1.82) is 0 Å². The molecular formula is C18H34N2. The van der Waals surface area contributed by atoms with Crippen molar-refractivity contribution < 1.29 is 0 Å². The second kappa shape index (κ2) is 4.46. The van der Waals surface area contributed by atoms with Crippen LogP contribution in [-0.4, -0.2) is 36.1 Å². The lowest BCUT2D eigenvalue weighted by molar-refractivity contribution is -0.0103.